The largest absolute Gasteiger partial charge is 0.503 e. The summed E-state index contributed by atoms with van der Waals surface area (Å²) >= 11 is 0. The molecule has 1 aliphatic heterocycles. The van der Waals surface area contributed by atoms with Gasteiger partial charge in [0.1, 0.15) is 18.2 Å². The summed E-state index contributed by atoms with van der Waals surface area (Å²) in [7, 11) is 1.37. The Labute approximate surface area is 213 Å². The lowest BCUT2D eigenvalue weighted by Gasteiger charge is -2.32. The van der Waals surface area contributed by atoms with Gasteiger partial charge in [0.25, 0.3) is 5.91 Å². The number of nitrogens with zero attached hydrogens (tertiary/aromatic N) is 1. The van der Waals surface area contributed by atoms with E-state index < -0.39 is 35.9 Å². The standard InChI is InChI=1S/C27H40N2O7/c1-16(2)12-13-18-10-7-11-20(29-25(31)22-23(30)21(34-4)14-15-28-22)27(33)35-17(3)24(18)36-26(32)19-8-5-6-9-19/h14-20,24,30H,5-13H2,1-4H3,(H,29,31). The van der Waals surface area contributed by atoms with Gasteiger partial charge in [-0.05, 0) is 50.9 Å². The van der Waals surface area contributed by atoms with E-state index in [4.69, 9.17) is 14.2 Å². The molecule has 1 aliphatic carbocycles. The summed E-state index contributed by atoms with van der Waals surface area (Å²) in [5, 5.41) is 12.9. The zero-order valence-corrected chi connectivity index (χ0v) is 21.8. The van der Waals surface area contributed by atoms with Crippen molar-refractivity contribution in [3.8, 4) is 11.5 Å². The number of rotatable bonds is 8. The van der Waals surface area contributed by atoms with Gasteiger partial charge >= 0.3 is 11.9 Å². The molecule has 9 nitrogen and oxygen atoms in total. The van der Waals surface area contributed by atoms with Gasteiger partial charge in [0.15, 0.2) is 17.2 Å². The number of amides is 1. The number of hydrogen-bond donors (Lipinski definition) is 2. The minimum atomic E-state index is -0.914. The number of nitrogens with one attached hydrogen (secondary N) is 1. The monoisotopic (exact) mass is 504 g/mol. The summed E-state index contributed by atoms with van der Waals surface area (Å²) in [4.78, 5) is 42.8. The van der Waals surface area contributed by atoms with E-state index in [-0.39, 0.29) is 29.2 Å². The maximum atomic E-state index is 13.1. The highest BCUT2D eigenvalue weighted by Crippen LogP contribution is 2.32. The van der Waals surface area contributed by atoms with Crippen molar-refractivity contribution in [2.24, 2.45) is 17.8 Å². The van der Waals surface area contributed by atoms with E-state index in [1.807, 2.05) is 0 Å². The number of carbonyl (C=O) groups excluding carboxylic acids is 3. The Morgan fingerprint density at radius 3 is 2.58 bits per heavy atom. The van der Waals surface area contributed by atoms with Crippen LogP contribution in [0, 0.1) is 17.8 Å². The third-order valence-electron chi connectivity index (χ3n) is 7.26. The Bertz CT molecular complexity index is 913. The van der Waals surface area contributed by atoms with Gasteiger partial charge in [-0.2, -0.15) is 0 Å². The highest BCUT2D eigenvalue weighted by Gasteiger charge is 2.38. The predicted octanol–water partition coefficient (Wildman–Crippen LogP) is 4.16. The summed E-state index contributed by atoms with van der Waals surface area (Å²) in [6.07, 6.45) is 7.50. The average molecular weight is 505 g/mol. The van der Waals surface area contributed by atoms with Crippen LogP contribution in [-0.2, 0) is 19.1 Å². The number of hydrogen-bond acceptors (Lipinski definition) is 8. The Morgan fingerprint density at radius 1 is 1.19 bits per heavy atom. The third kappa shape index (κ3) is 7.11. The van der Waals surface area contributed by atoms with E-state index in [2.05, 4.69) is 24.1 Å². The highest BCUT2D eigenvalue weighted by molar-refractivity contribution is 5.97. The maximum Gasteiger partial charge on any atom is 0.329 e. The summed E-state index contributed by atoms with van der Waals surface area (Å²) in [6.45, 7) is 6.07. The fourth-order valence-corrected chi connectivity index (χ4v) is 5.15. The molecule has 36 heavy (non-hydrogen) atoms. The molecule has 3 rings (SSSR count). The van der Waals surface area contributed by atoms with Crippen molar-refractivity contribution in [2.45, 2.75) is 96.8 Å². The van der Waals surface area contributed by atoms with Crippen LogP contribution in [-0.4, -0.2) is 53.3 Å². The van der Waals surface area contributed by atoms with Crippen LogP contribution in [0.25, 0.3) is 0 Å². The molecule has 0 spiro atoms. The Hall–Kier alpha value is -2.84. The van der Waals surface area contributed by atoms with E-state index in [0.717, 1.165) is 44.9 Å². The molecular weight excluding hydrogens is 464 g/mol. The van der Waals surface area contributed by atoms with Crippen LogP contribution in [0.4, 0.5) is 0 Å². The molecule has 1 aromatic heterocycles. The molecule has 2 heterocycles. The van der Waals surface area contributed by atoms with Crippen LogP contribution in [0.5, 0.6) is 11.5 Å². The van der Waals surface area contributed by atoms with Crippen molar-refractivity contribution in [3.63, 3.8) is 0 Å². The lowest BCUT2D eigenvalue weighted by atomic mass is 9.86. The molecule has 9 heteroatoms. The number of ether oxygens (including phenoxy) is 3. The first-order valence-electron chi connectivity index (χ1n) is 13.1. The van der Waals surface area contributed by atoms with Gasteiger partial charge in [-0.15, -0.1) is 0 Å². The minimum absolute atomic E-state index is 0.0547. The second kappa shape index (κ2) is 12.9. The molecule has 200 valence electrons. The van der Waals surface area contributed by atoms with Crippen LogP contribution in [0.1, 0.15) is 89.0 Å². The normalized spacial score (nSPS) is 25.4. The second-order valence-electron chi connectivity index (χ2n) is 10.4. The fourth-order valence-electron chi connectivity index (χ4n) is 5.15. The molecule has 2 aliphatic rings. The smallest absolute Gasteiger partial charge is 0.329 e. The number of esters is 2. The quantitative estimate of drug-likeness (QED) is 0.506. The van der Waals surface area contributed by atoms with Gasteiger partial charge < -0.3 is 24.6 Å². The van der Waals surface area contributed by atoms with E-state index >= 15 is 0 Å². The van der Waals surface area contributed by atoms with Crippen molar-refractivity contribution < 1.29 is 33.7 Å². The predicted molar refractivity (Wildman–Crippen MR) is 133 cm³/mol. The molecule has 2 N–H and O–H groups in total. The van der Waals surface area contributed by atoms with Crippen molar-refractivity contribution >= 4 is 17.8 Å². The molecule has 1 amide bonds. The van der Waals surface area contributed by atoms with Gasteiger partial charge in [-0.1, -0.05) is 39.5 Å². The van der Waals surface area contributed by atoms with Crippen molar-refractivity contribution in [1.82, 2.24) is 10.3 Å². The average Bonchev–Trinajstić information content (AvgIpc) is 3.39. The summed E-state index contributed by atoms with van der Waals surface area (Å²) in [5.41, 5.74) is -0.228. The molecule has 4 atom stereocenters. The number of pyridine rings is 1. The van der Waals surface area contributed by atoms with Gasteiger partial charge in [-0.25, -0.2) is 9.78 Å². The van der Waals surface area contributed by atoms with Gasteiger partial charge in [0.2, 0.25) is 0 Å². The number of methoxy groups -OCH3 is 1. The Morgan fingerprint density at radius 2 is 1.92 bits per heavy atom. The molecule has 1 saturated carbocycles. The van der Waals surface area contributed by atoms with Crippen LogP contribution in [0.15, 0.2) is 12.3 Å². The van der Waals surface area contributed by atoms with Crippen molar-refractivity contribution in [2.75, 3.05) is 7.11 Å². The third-order valence-corrected chi connectivity index (χ3v) is 7.26. The van der Waals surface area contributed by atoms with Gasteiger partial charge in [0, 0.05) is 12.3 Å². The zero-order chi connectivity index (χ0) is 26.2. The van der Waals surface area contributed by atoms with Crippen molar-refractivity contribution in [1.29, 1.82) is 0 Å². The molecule has 4 unspecified atom stereocenters. The number of aromatic hydroxyl groups is 1. The lowest BCUT2D eigenvalue weighted by Crippen LogP contribution is -2.45. The molecule has 0 bridgehead atoms. The molecule has 0 aromatic carbocycles. The molecule has 0 radical (unpaired) electrons. The van der Waals surface area contributed by atoms with E-state index in [9.17, 15) is 19.5 Å². The summed E-state index contributed by atoms with van der Waals surface area (Å²) < 4.78 is 16.9. The molecule has 1 aromatic rings. The van der Waals surface area contributed by atoms with E-state index in [1.165, 1.54) is 19.4 Å². The van der Waals surface area contributed by atoms with E-state index in [1.54, 1.807) is 6.92 Å². The Balaban J connectivity index is 1.75. The number of aromatic nitrogens is 1. The Kier molecular flexibility index (Phi) is 9.96. The zero-order valence-electron chi connectivity index (χ0n) is 21.8. The molecule has 1 saturated heterocycles. The fraction of sp³-hybridized carbons (Fsp3) is 0.704. The maximum absolute atomic E-state index is 13.1. The number of cyclic esters (lactones) is 1. The van der Waals surface area contributed by atoms with Crippen LogP contribution in [0.3, 0.4) is 0 Å². The summed E-state index contributed by atoms with van der Waals surface area (Å²) in [5.74, 6) is -1.29. The SMILES string of the molecule is COc1ccnc(C(=O)NC2CCCC(CCC(C)C)C(OC(=O)C3CCCC3)C(C)OC2=O)c1O. The molecular formula is C27H40N2O7. The molecule has 2 fully saturated rings. The van der Waals surface area contributed by atoms with Crippen LogP contribution >= 0.6 is 0 Å². The van der Waals surface area contributed by atoms with Crippen LogP contribution in [0.2, 0.25) is 0 Å². The number of carbonyl (C=O) groups is 3. The first-order chi connectivity index (χ1) is 17.2. The topological polar surface area (TPSA) is 124 Å². The van der Waals surface area contributed by atoms with Crippen molar-refractivity contribution in [3.05, 3.63) is 18.0 Å². The highest BCUT2D eigenvalue weighted by atomic mass is 16.6. The minimum Gasteiger partial charge on any atom is -0.503 e. The first-order valence-corrected chi connectivity index (χ1v) is 13.1. The van der Waals surface area contributed by atoms with Gasteiger partial charge in [0.05, 0.1) is 13.0 Å². The second-order valence-corrected chi connectivity index (χ2v) is 10.4. The van der Waals surface area contributed by atoms with E-state index in [0.29, 0.717) is 18.8 Å². The van der Waals surface area contributed by atoms with Gasteiger partial charge in [-0.3, -0.25) is 9.59 Å². The lowest BCUT2D eigenvalue weighted by molar-refractivity contribution is -0.174. The summed E-state index contributed by atoms with van der Waals surface area (Å²) in [6, 6.07) is 0.522. The first kappa shape index (κ1) is 27.7. The van der Waals surface area contributed by atoms with Crippen LogP contribution < -0.4 is 10.1 Å².